The van der Waals surface area contributed by atoms with E-state index in [1.165, 1.54) is 44.9 Å². The second kappa shape index (κ2) is 7.50. The lowest BCUT2D eigenvalue weighted by atomic mass is 9.53. The number of aldehydes is 1. The molecule has 0 aromatic carbocycles. The van der Waals surface area contributed by atoms with E-state index in [4.69, 9.17) is 0 Å². The van der Waals surface area contributed by atoms with Crippen molar-refractivity contribution in [1.29, 1.82) is 0 Å². The quantitative estimate of drug-likeness (QED) is 0.412. The lowest BCUT2D eigenvalue weighted by molar-refractivity contribution is -0.123. The molecule has 4 aliphatic carbocycles. The molecule has 3 unspecified atom stereocenters. The minimum Gasteiger partial charge on any atom is -0.384 e. The van der Waals surface area contributed by atoms with Crippen molar-refractivity contribution in [3.8, 4) is 0 Å². The molecule has 0 aromatic heterocycles. The van der Waals surface area contributed by atoms with E-state index in [9.17, 15) is 9.90 Å². The molecule has 4 rings (SSSR count). The predicted octanol–water partition coefficient (Wildman–Crippen LogP) is 6.42. The smallest absolute Gasteiger partial charge is 0.126 e. The third-order valence-corrected chi connectivity index (χ3v) is 10.5. The van der Waals surface area contributed by atoms with E-state index >= 15 is 0 Å². The molecular formula is C27H44O2. The summed E-state index contributed by atoms with van der Waals surface area (Å²) in [6.07, 6.45) is 16.5. The van der Waals surface area contributed by atoms with E-state index in [-0.39, 0.29) is 11.3 Å². The Bertz CT molecular complexity index is 653. The van der Waals surface area contributed by atoms with Crippen LogP contribution in [0.4, 0.5) is 0 Å². The lowest BCUT2D eigenvalue weighted by Crippen LogP contribution is -2.49. The molecule has 0 aliphatic heterocycles. The molecule has 0 bridgehead atoms. The molecule has 4 aliphatic rings. The van der Waals surface area contributed by atoms with Crippen molar-refractivity contribution < 1.29 is 9.90 Å². The standard InChI is InChI=1S/C27H44O2/c1-18(2)9-8-10-19(3)20-11-12-21-24-22(13-16-25(20,21)4)26(5)14-6-7-15-27(26,29)23(24)17-28/h7,15,17-24,29H,6,8-14,16H2,1-5H3/t19-,20-,21?,22?,23-,24?,25-,26-,27-/m1/s1. The molecule has 164 valence electrons. The molecular weight excluding hydrogens is 356 g/mol. The first-order valence-electron chi connectivity index (χ1n) is 12.5. The second-order valence-corrected chi connectivity index (χ2v) is 12.2. The molecule has 0 aromatic rings. The monoisotopic (exact) mass is 400 g/mol. The number of hydrogen-bond donors (Lipinski definition) is 1. The maximum absolute atomic E-state index is 12.4. The Hall–Kier alpha value is -0.630. The van der Waals surface area contributed by atoms with Gasteiger partial charge in [0.2, 0.25) is 0 Å². The number of carbonyl (C=O) groups is 1. The van der Waals surface area contributed by atoms with E-state index in [0.29, 0.717) is 23.2 Å². The third-order valence-electron chi connectivity index (χ3n) is 10.5. The van der Waals surface area contributed by atoms with Crippen molar-refractivity contribution in [3.63, 3.8) is 0 Å². The van der Waals surface area contributed by atoms with E-state index in [1.807, 2.05) is 6.08 Å². The zero-order chi connectivity index (χ0) is 21.0. The Labute approximate surface area is 178 Å². The summed E-state index contributed by atoms with van der Waals surface area (Å²) in [4.78, 5) is 12.4. The summed E-state index contributed by atoms with van der Waals surface area (Å²) in [5.41, 5.74) is -0.696. The average molecular weight is 401 g/mol. The highest BCUT2D eigenvalue weighted by Crippen LogP contribution is 2.72. The molecule has 2 heteroatoms. The normalized spacial score (nSPS) is 49.6. The number of aliphatic hydroxyl groups is 1. The summed E-state index contributed by atoms with van der Waals surface area (Å²) < 4.78 is 0. The number of fused-ring (bicyclic) bond motifs is 5. The number of rotatable bonds is 6. The van der Waals surface area contributed by atoms with Gasteiger partial charge in [-0.3, -0.25) is 0 Å². The summed E-state index contributed by atoms with van der Waals surface area (Å²) in [7, 11) is 0. The number of allylic oxidation sites excluding steroid dienone is 1. The molecule has 29 heavy (non-hydrogen) atoms. The van der Waals surface area contributed by atoms with Crippen LogP contribution in [-0.2, 0) is 4.79 Å². The number of hydrogen-bond acceptors (Lipinski definition) is 2. The van der Waals surface area contributed by atoms with Gasteiger partial charge in [-0.1, -0.05) is 66.0 Å². The van der Waals surface area contributed by atoms with Gasteiger partial charge in [0.25, 0.3) is 0 Å². The van der Waals surface area contributed by atoms with E-state index < -0.39 is 5.60 Å². The van der Waals surface area contributed by atoms with Crippen LogP contribution < -0.4 is 0 Å². The molecule has 0 heterocycles. The highest BCUT2D eigenvalue weighted by Gasteiger charge is 2.70. The fourth-order valence-electron chi connectivity index (χ4n) is 8.96. The molecule has 0 saturated heterocycles. The van der Waals surface area contributed by atoms with Crippen LogP contribution in [0.2, 0.25) is 0 Å². The number of carbonyl (C=O) groups excluding carboxylic acids is 1. The van der Waals surface area contributed by atoms with Crippen LogP contribution in [-0.4, -0.2) is 17.0 Å². The van der Waals surface area contributed by atoms with E-state index in [0.717, 1.165) is 36.9 Å². The molecule has 9 atom stereocenters. The fraction of sp³-hybridized carbons (Fsp3) is 0.889. The Morgan fingerprint density at radius 1 is 1.07 bits per heavy atom. The second-order valence-electron chi connectivity index (χ2n) is 12.2. The van der Waals surface area contributed by atoms with Gasteiger partial charge in [-0.05, 0) is 79.4 Å². The van der Waals surface area contributed by atoms with Gasteiger partial charge in [-0.2, -0.15) is 0 Å². The van der Waals surface area contributed by atoms with Gasteiger partial charge >= 0.3 is 0 Å². The summed E-state index contributed by atoms with van der Waals surface area (Å²) in [6.45, 7) is 12.0. The van der Waals surface area contributed by atoms with Gasteiger partial charge in [-0.15, -0.1) is 0 Å². The van der Waals surface area contributed by atoms with Gasteiger partial charge in [-0.25, -0.2) is 0 Å². The van der Waals surface area contributed by atoms with Crippen molar-refractivity contribution in [3.05, 3.63) is 12.2 Å². The van der Waals surface area contributed by atoms with Gasteiger partial charge in [0.15, 0.2) is 0 Å². The Morgan fingerprint density at radius 2 is 1.83 bits per heavy atom. The van der Waals surface area contributed by atoms with Crippen LogP contribution in [0.5, 0.6) is 0 Å². The van der Waals surface area contributed by atoms with Crippen molar-refractivity contribution in [2.75, 3.05) is 0 Å². The van der Waals surface area contributed by atoms with Gasteiger partial charge in [0.1, 0.15) is 6.29 Å². The topological polar surface area (TPSA) is 37.3 Å². The lowest BCUT2D eigenvalue weighted by Gasteiger charge is -2.51. The van der Waals surface area contributed by atoms with Crippen molar-refractivity contribution >= 4 is 6.29 Å². The fourth-order valence-corrected chi connectivity index (χ4v) is 8.96. The van der Waals surface area contributed by atoms with Crippen LogP contribution in [0.25, 0.3) is 0 Å². The summed E-state index contributed by atoms with van der Waals surface area (Å²) >= 11 is 0. The molecule has 3 saturated carbocycles. The molecule has 1 N–H and O–H groups in total. The first kappa shape index (κ1) is 21.6. The molecule has 0 radical (unpaired) electrons. The minimum atomic E-state index is -0.922. The SMILES string of the molecule is CC(C)CCC[C@@H](C)[C@H]1CCC2C3C(CC[C@@]21C)[C@@]1(C)CCC=C[C@@]1(O)[C@@H]3C=O. The first-order chi connectivity index (χ1) is 13.7. The maximum Gasteiger partial charge on any atom is 0.126 e. The maximum atomic E-state index is 12.4. The van der Waals surface area contributed by atoms with Gasteiger partial charge in [0.05, 0.1) is 11.5 Å². The first-order valence-corrected chi connectivity index (χ1v) is 12.5. The predicted molar refractivity (Wildman–Crippen MR) is 119 cm³/mol. The van der Waals surface area contributed by atoms with E-state index in [1.54, 1.807) is 0 Å². The van der Waals surface area contributed by atoms with E-state index in [2.05, 4.69) is 40.7 Å². The van der Waals surface area contributed by atoms with Crippen molar-refractivity contribution in [1.82, 2.24) is 0 Å². The van der Waals surface area contributed by atoms with Crippen LogP contribution >= 0.6 is 0 Å². The highest BCUT2D eigenvalue weighted by atomic mass is 16.3. The van der Waals surface area contributed by atoms with Crippen LogP contribution in [0.1, 0.15) is 92.4 Å². The summed E-state index contributed by atoms with van der Waals surface area (Å²) in [6, 6.07) is 0. The Kier molecular flexibility index (Phi) is 5.59. The molecule has 3 fully saturated rings. The summed E-state index contributed by atoms with van der Waals surface area (Å²) in [5.74, 6) is 3.63. The Morgan fingerprint density at radius 3 is 2.52 bits per heavy atom. The van der Waals surface area contributed by atoms with Crippen molar-refractivity contribution in [2.45, 2.75) is 98.0 Å². The van der Waals surface area contributed by atoms with Crippen molar-refractivity contribution in [2.24, 2.45) is 52.3 Å². The van der Waals surface area contributed by atoms with Crippen LogP contribution in [0.15, 0.2) is 12.2 Å². The van der Waals surface area contributed by atoms with Gasteiger partial charge in [0, 0.05) is 5.41 Å². The molecule has 0 spiro atoms. The molecule has 2 nitrogen and oxygen atoms in total. The minimum absolute atomic E-state index is 0.125. The van der Waals surface area contributed by atoms with Gasteiger partial charge < -0.3 is 9.90 Å². The third kappa shape index (κ3) is 3.02. The zero-order valence-corrected chi connectivity index (χ0v) is 19.5. The zero-order valence-electron chi connectivity index (χ0n) is 19.5. The van der Waals surface area contributed by atoms with Crippen LogP contribution in [0, 0.1) is 52.3 Å². The largest absolute Gasteiger partial charge is 0.384 e. The summed E-state index contributed by atoms with van der Waals surface area (Å²) in [5, 5.41) is 11.8. The highest BCUT2D eigenvalue weighted by molar-refractivity contribution is 5.60. The Balaban J connectivity index is 1.59. The van der Waals surface area contributed by atoms with Crippen LogP contribution in [0.3, 0.4) is 0 Å². The molecule has 0 amide bonds. The average Bonchev–Trinajstić information content (AvgIpc) is 3.10.